The van der Waals surface area contributed by atoms with Crippen LogP contribution in [0.4, 0.5) is 5.82 Å². The number of esters is 1. The molecule has 0 saturated carbocycles. The van der Waals surface area contributed by atoms with Crippen molar-refractivity contribution in [2.75, 3.05) is 12.3 Å². The summed E-state index contributed by atoms with van der Waals surface area (Å²) in [5.41, 5.74) is 5.66. The van der Waals surface area contributed by atoms with E-state index in [0.29, 0.717) is 6.54 Å². The van der Waals surface area contributed by atoms with Crippen LogP contribution in [0, 0.1) is 0 Å². The van der Waals surface area contributed by atoms with Crippen LogP contribution in [0.2, 0.25) is 0 Å². The van der Waals surface area contributed by atoms with Crippen molar-refractivity contribution in [2.24, 2.45) is 0 Å². The highest BCUT2D eigenvalue weighted by atomic mass is 16.5. The van der Waals surface area contributed by atoms with E-state index in [4.69, 9.17) is 10.5 Å². The fourth-order valence-corrected chi connectivity index (χ4v) is 0.922. The van der Waals surface area contributed by atoms with Crippen molar-refractivity contribution in [1.82, 2.24) is 15.0 Å². The van der Waals surface area contributed by atoms with Gasteiger partial charge in [-0.05, 0) is 6.92 Å². The first-order chi connectivity index (χ1) is 6.70. The fraction of sp³-hybridized carbons (Fsp3) is 0.375. The average molecular weight is 196 g/mol. The zero-order valence-corrected chi connectivity index (χ0v) is 7.93. The molecule has 0 radical (unpaired) electrons. The first-order valence-electron chi connectivity index (χ1n) is 4.17. The summed E-state index contributed by atoms with van der Waals surface area (Å²) < 4.78 is 6.11. The second-order valence-corrected chi connectivity index (χ2v) is 2.51. The van der Waals surface area contributed by atoms with Crippen LogP contribution in [0.5, 0.6) is 0 Å². The first kappa shape index (κ1) is 10.2. The Labute approximate surface area is 81.3 Å². The molecule has 6 heteroatoms. The smallest absolute Gasteiger partial charge is 0.362 e. The van der Waals surface area contributed by atoms with E-state index in [1.54, 1.807) is 13.0 Å². The number of nitrogens with two attached hydrogens (primary N) is 1. The molecule has 0 aliphatic heterocycles. The number of allylic oxidation sites excluding steroid dienone is 1. The molecule has 0 saturated heterocycles. The first-order valence-corrected chi connectivity index (χ1v) is 4.17. The van der Waals surface area contributed by atoms with E-state index in [2.05, 4.69) is 16.9 Å². The Morgan fingerprint density at radius 2 is 2.50 bits per heavy atom. The summed E-state index contributed by atoms with van der Waals surface area (Å²) >= 11 is 0. The van der Waals surface area contributed by atoms with E-state index in [-0.39, 0.29) is 18.1 Å². The molecule has 0 spiro atoms. The van der Waals surface area contributed by atoms with Gasteiger partial charge in [-0.15, -0.1) is 11.7 Å². The summed E-state index contributed by atoms with van der Waals surface area (Å²) in [6.45, 7) is 5.94. The Bertz CT molecular complexity index is 345. The minimum Gasteiger partial charge on any atom is -0.461 e. The van der Waals surface area contributed by atoms with Gasteiger partial charge in [-0.1, -0.05) is 11.3 Å². The van der Waals surface area contributed by atoms with Gasteiger partial charge in [0.2, 0.25) is 5.69 Å². The van der Waals surface area contributed by atoms with E-state index in [0.717, 1.165) is 0 Å². The molecule has 1 aromatic rings. The summed E-state index contributed by atoms with van der Waals surface area (Å²) in [6, 6.07) is 0. The molecular formula is C8H12N4O2. The molecule has 14 heavy (non-hydrogen) atoms. The van der Waals surface area contributed by atoms with E-state index in [1.165, 1.54) is 4.68 Å². The Kier molecular flexibility index (Phi) is 3.22. The van der Waals surface area contributed by atoms with Crippen molar-refractivity contribution in [2.45, 2.75) is 13.5 Å². The zero-order valence-electron chi connectivity index (χ0n) is 7.93. The van der Waals surface area contributed by atoms with E-state index in [9.17, 15) is 4.79 Å². The molecule has 0 unspecified atom stereocenters. The van der Waals surface area contributed by atoms with Gasteiger partial charge in [0.05, 0.1) is 13.2 Å². The lowest BCUT2D eigenvalue weighted by atomic mass is 10.4. The number of hydrogen-bond donors (Lipinski definition) is 1. The predicted molar refractivity (Wildman–Crippen MR) is 50.6 cm³/mol. The molecule has 0 amide bonds. The van der Waals surface area contributed by atoms with E-state index in [1.807, 2.05) is 0 Å². The van der Waals surface area contributed by atoms with Gasteiger partial charge in [-0.3, -0.25) is 0 Å². The number of anilines is 1. The van der Waals surface area contributed by atoms with Gasteiger partial charge in [0.15, 0.2) is 5.82 Å². The molecule has 76 valence electrons. The van der Waals surface area contributed by atoms with Crippen LogP contribution in [0.3, 0.4) is 0 Å². The highest BCUT2D eigenvalue weighted by Crippen LogP contribution is 2.08. The summed E-state index contributed by atoms with van der Waals surface area (Å²) in [5.74, 6) is -0.358. The normalized spacial score (nSPS) is 9.79. The quantitative estimate of drug-likeness (QED) is 0.550. The number of nitrogen functional groups attached to an aromatic ring is 1. The summed E-state index contributed by atoms with van der Waals surface area (Å²) in [4.78, 5) is 11.2. The molecule has 0 aliphatic rings. The summed E-state index contributed by atoms with van der Waals surface area (Å²) in [7, 11) is 0. The van der Waals surface area contributed by atoms with Crippen LogP contribution >= 0.6 is 0 Å². The Morgan fingerprint density at radius 1 is 1.79 bits per heavy atom. The van der Waals surface area contributed by atoms with Crippen LogP contribution in [0.25, 0.3) is 0 Å². The molecule has 0 fully saturated rings. The van der Waals surface area contributed by atoms with Crippen LogP contribution in [-0.2, 0) is 11.3 Å². The highest BCUT2D eigenvalue weighted by molar-refractivity contribution is 5.91. The highest BCUT2D eigenvalue weighted by Gasteiger charge is 2.17. The van der Waals surface area contributed by atoms with Crippen LogP contribution in [-0.4, -0.2) is 27.6 Å². The Balaban J connectivity index is 2.88. The number of ether oxygens (including phenoxy) is 1. The standard InChI is InChI=1S/C8H12N4O2/c1-3-5-12-7(9)6(10-11-12)8(13)14-4-2/h3H,1,4-5,9H2,2H3. The number of carbonyl (C=O) groups is 1. The SMILES string of the molecule is C=CCn1nnc(C(=O)OCC)c1N. The van der Waals surface area contributed by atoms with Crippen LogP contribution < -0.4 is 5.73 Å². The fourth-order valence-electron chi connectivity index (χ4n) is 0.922. The maximum Gasteiger partial charge on any atom is 0.362 e. The molecule has 0 atom stereocenters. The molecule has 0 aliphatic carbocycles. The molecule has 1 rings (SSSR count). The number of hydrogen-bond acceptors (Lipinski definition) is 5. The molecule has 1 heterocycles. The van der Waals surface area contributed by atoms with E-state index >= 15 is 0 Å². The Morgan fingerprint density at radius 3 is 3.07 bits per heavy atom. The number of rotatable bonds is 4. The van der Waals surface area contributed by atoms with Crippen molar-refractivity contribution < 1.29 is 9.53 Å². The van der Waals surface area contributed by atoms with Crippen molar-refractivity contribution in [3.8, 4) is 0 Å². The zero-order chi connectivity index (χ0) is 10.6. The molecule has 2 N–H and O–H groups in total. The van der Waals surface area contributed by atoms with Crippen molar-refractivity contribution in [3.05, 3.63) is 18.3 Å². The molecule has 1 aromatic heterocycles. The lowest BCUT2D eigenvalue weighted by Gasteiger charge is -1.99. The van der Waals surface area contributed by atoms with Gasteiger partial charge < -0.3 is 10.5 Å². The Hall–Kier alpha value is -1.85. The van der Waals surface area contributed by atoms with Crippen molar-refractivity contribution in [3.63, 3.8) is 0 Å². The second kappa shape index (κ2) is 4.40. The van der Waals surface area contributed by atoms with Crippen LogP contribution in [0.15, 0.2) is 12.7 Å². The lowest BCUT2D eigenvalue weighted by Crippen LogP contribution is -2.09. The largest absolute Gasteiger partial charge is 0.461 e. The minimum atomic E-state index is -0.555. The molecule has 6 nitrogen and oxygen atoms in total. The van der Waals surface area contributed by atoms with Gasteiger partial charge in [0.25, 0.3) is 0 Å². The summed E-state index contributed by atoms with van der Waals surface area (Å²) in [5, 5.41) is 7.30. The minimum absolute atomic E-state index is 0.0497. The maximum atomic E-state index is 11.2. The molecule has 0 aromatic carbocycles. The third-order valence-corrected chi connectivity index (χ3v) is 1.54. The third kappa shape index (κ3) is 1.90. The number of carbonyl (C=O) groups excluding carboxylic acids is 1. The van der Waals surface area contributed by atoms with Gasteiger partial charge in [-0.25, -0.2) is 9.48 Å². The second-order valence-electron chi connectivity index (χ2n) is 2.51. The third-order valence-electron chi connectivity index (χ3n) is 1.54. The van der Waals surface area contributed by atoms with Gasteiger partial charge in [-0.2, -0.15) is 0 Å². The molecular weight excluding hydrogens is 184 g/mol. The molecule has 0 bridgehead atoms. The van der Waals surface area contributed by atoms with Gasteiger partial charge >= 0.3 is 5.97 Å². The maximum absolute atomic E-state index is 11.2. The van der Waals surface area contributed by atoms with Crippen LogP contribution in [0.1, 0.15) is 17.4 Å². The lowest BCUT2D eigenvalue weighted by molar-refractivity contribution is 0.0520. The van der Waals surface area contributed by atoms with Crippen molar-refractivity contribution in [1.29, 1.82) is 0 Å². The van der Waals surface area contributed by atoms with Gasteiger partial charge in [0.1, 0.15) is 0 Å². The average Bonchev–Trinajstić information content (AvgIpc) is 2.49. The number of aromatic nitrogens is 3. The van der Waals surface area contributed by atoms with E-state index < -0.39 is 5.97 Å². The van der Waals surface area contributed by atoms with Crippen molar-refractivity contribution >= 4 is 11.8 Å². The predicted octanol–water partition coefficient (Wildman–Crippen LogP) is 0.223. The summed E-state index contributed by atoms with van der Waals surface area (Å²) in [6.07, 6.45) is 1.61. The van der Waals surface area contributed by atoms with Gasteiger partial charge in [0, 0.05) is 0 Å². The topological polar surface area (TPSA) is 83.0 Å². The monoisotopic (exact) mass is 196 g/mol. The number of nitrogens with zero attached hydrogens (tertiary/aromatic N) is 3.